The van der Waals surface area contributed by atoms with E-state index in [1.807, 2.05) is 0 Å². The zero-order valence-electron chi connectivity index (χ0n) is 4.39. The Balaban J connectivity index is 2.10. The minimum absolute atomic E-state index is 0.211. The fraction of sp³-hybridized carbons (Fsp3) is 0.800. The minimum Gasteiger partial charge on any atom is -0.444 e. The number of hydrogen-bond acceptors (Lipinski definition) is 2. The highest BCUT2D eigenvalue weighted by Crippen LogP contribution is 2.27. The first-order valence-corrected chi connectivity index (χ1v) is 2.83. The number of ether oxygens (including phenoxy) is 1. The third kappa shape index (κ3) is 0.363. The predicted octanol–water partition coefficient (Wildman–Crippen LogP) is 0.257. The molecule has 0 unspecified atom stereocenters. The maximum Gasteiger partial charge on any atom is 0.407 e. The van der Waals surface area contributed by atoms with Gasteiger partial charge in [-0.3, -0.25) is 0 Å². The van der Waals surface area contributed by atoms with Crippen molar-refractivity contribution in [2.45, 2.75) is 25.0 Å². The van der Waals surface area contributed by atoms with Crippen LogP contribution in [0.2, 0.25) is 0 Å². The summed E-state index contributed by atoms with van der Waals surface area (Å²) in [6.07, 6.45) is 2.11. The summed E-state index contributed by atoms with van der Waals surface area (Å²) in [6, 6.07) is 0.350. The van der Waals surface area contributed by atoms with Crippen molar-refractivity contribution in [1.29, 1.82) is 0 Å². The summed E-state index contributed by atoms with van der Waals surface area (Å²) in [4.78, 5) is 10.4. The SMILES string of the molecule is O=C1N[C@H]2CC[C@H]2O1. The van der Waals surface area contributed by atoms with Crippen molar-refractivity contribution < 1.29 is 9.53 Å². The van der Waals surface area contributed by atoms with Gasteiger partial charge in [0.1, 0.15) is 6.10 Å². The zero-order valence-corrected chi connectivity index (χ0v) is 4.39. The molecule has 0 aromatic rings. The van der Waals surface area contributed by atoms with Crippen LogP contribution in [0.4, 0.5) is 4.79 Å². The number of alkyl carbamates (subject to hydrolysis) is 1. The van der Waals surface area contributed by atoms with Crippen molar-refractivity contribution in [2.24, 2.45) is 0 Å². The maximum atomic E-state index is 10.4. The van der Waals surface area contributed by atoms with E-state index in [4.69, 9.17) is 4.74 Å². The Bertz CT molecular complexity index is 120. The van der Waals surface area contributed by atoms with E-state index in [0.717, 1.165) is 12.8 Å². The van der Waals surface area contributed by atoms with Gasteiger partial charge in [-0.1, -0.05) is 0 Å². The average Bonchev–Trinajstić information content (AvgIpc) is 1.91. The van der Waals surface area contributed by atoms with Gasteiger partial charge < -0.3 is 10.1 Å². The molecule has 1 heterocycles. The Morgan fingerprint density at radius 3 is 2.75 bits per heavy atom. The number of rotatable bonds is 0. The standard InChI is InChI=1S/C5H7NO2/c7-5-6-3-1-2-4(3)8-5/h3-4H,1-2H2,(H,6,7)/t3-,4+/m0/s1. The van der Waals surface area contributed by atoms with Crippen LogP contribution in [-0.4, -0.2) is 18.2 Å². The Kier molecular flexibility index (Phi) is 0.604. The highest BCUT2D eigenvalue weighted by molar-refractivity contribution is 5.70. The van der Waals surface area contributed by atoms with Crippen molar-refractivity contribution in [2.75, 3.05) is 0 Å². The molecule has 2 rings (SSSR count). The second-order valence-corrected chi connectivity index (χ2v) is 2.27. The third-order valence-corrected chi connectivity index (χ3v) is 1.77. The minimum atomic E-state index is -0.238. The summed E-state index contributed by atoms with van der Waals surface area (Å²) >= 11 is 0. The molecule has 1 aliphatic heterocycles. The highest BCUT2D eigenvalue weighted by Gasteiger charge is 2.40. The van der Waals surface area contributed by atoms with Gasteiger partial charge in [-0.25, -0.2) is 4.79 Å². The Morgan fingerprint density at radius 2 is 2.50 bits per heavy atom. The molecular formula is C5H7NO2. The van der Waals surface area contributed by atoms with E-state index in [1.165, 1.54) is 0 Å². The van der Waals surface area contributed by atoms with Gasteiger partial charge in [0, 0.05) is 0 Å². The largest absolute Gasteiger partial charge is 0.444 e. The van der Waals surface area contributed by atoms with Crippen LogP contribution >= 0.6 is 0 Å². The van der Waals surface area contributed by atoms with E-state index in [1.54, 1.807) is 0 Å². The first-order chi connectivity index (χ1) is 3.86. The number of carbonyl (C=O) groups is 1. The zero-order chi connectivity index (χ0) is 5.56. The maximum absolute atomic E-state index is 10.4. The molecule has 3 heteroatoms. The number of fused-ring (bicyclic) bond motifs is 1. The highest BCUT2D eigenvalue weighted by atomic mass is 16.6. The number of carbonyl (C=O) groups excluding carboxylic acids is 1. The lowest BCUT2D eigenvalue weighted by molar-refractivity contribution is 0.0896. The second-order valence-electron chi connectivity index (χ2n) is 2.27. The van der Waals surface area contributed by atoms with E-state index >= 15 is 0 Å². The summed E-state index contributed by atoms with van der Waals surface area (Å²) in [6.45, 7) is 0. The lowest BCUT2D eigenvalue weighted by Gasteiger charge is -2.25. The summed E-state index contributed by atoms with van der Waals surface area (Å²) < 4.78 is 4.81. The van der Waals surface area contributed by atoms with Gasteiger partial charge in [0.05, 0.1) is 6.04 Å². The van der Waals surface area contributed by atoms with Crippen LogP contribution < -0.4 is 5.32 Å². The van der Waals surface area contributed by atoms with Gasteiger partial charge in [-0.15, -0.1) is 0 Å². The molecule has 1 amide bonds. The van der Waals surface area contributed by atoms with Gasteiger partial charge in [0.2, 0.25) is 0 Å². The van der Waals surface area contributed by atoms with E-state index in [0.29, 0.717) is 6.04 Å². The molecule has 3 nitrogen and oxygen atoms in total. The van der Waals surface area contributed by atoms with Crippen LogP contribution in [0.15, 0.2) is 0 Å². The molecule has 44 valence electrons. The van der Waals surface area contributed by atoms with E-state index in [9.17, 15) is 4.79 Å². The van der Waals surface area contributed by atoms with E-state index in [2.05, 4.69) is 5.32 Å². The molecule has 0 spiro atoms. The fourth-order valence-corrected chi connectivity index (χ4v) is 1.10. The van der Waals surface area contributed by atoms with Crippen LogP contribution in [0.1, 0.15) is 12.8 Å². The molecule has 8 heavy (non-hydrogen) atoms. The van der Waals surface area contributed by atoms with Crippen LogP contribution in [0.3, 0.4) is 0 Å². The quantitative estimate of drug-likeness (QED) is 0.489. The first-order valence-electron chi connectivity index (χ1n) is 2.83. The third-order valence-electron chi connectivity index (χ3n) is 1.77. The lowest BCUT2D eigenvalue weighted by Crippen LogP contribution is -2.40. The molecule has 1 saturated heterocycles. The van der Waals surface area contributed by atoms with Gasteiger partial charge in [0.15, 0.2) is 0 Å². The molecule has 0 aromatic carbocycles. The van der Waals surface area contributed by atoms with Gasteiger partial charge in [-0.2, -0.15) is 0 Å². The Hall–Kier alpha value is -0.730. The second kappa shape index (κ2) is 1.16. The number of nitrogens with one attached hydrogen (secondary N) is 1. The van der Waals surface area contributed by atoms with Crippen molar-refractivity contribution in [3.05, 3.63) is 0 Å². The van der Waals surface area contributed by atoms with Crippen LogP contribution in [0.25, 0.3) is 0 Å². The summed E-state index contributed by atoms with van der Waals surface area (Å²) in [7, 11) is 0. The molecule has 1 aliphatic carbocycles. The molecule has 0 radical (unpaired) electrons. The molecule has 2 atom stereocenters. The van der Waals surface area contributed by atoms with Gasteiger partial charge in [0.25, 0.3) is 0 Å². The molecule has 2 fully saturated rings. The Morgan fingerprint density at radius 1 is 1.62 bits per heavy atom. The number of hydrogen-bond donors (Lipinski definition) is 1. The summed E-state index contributed by atoms with van der Waals surface area (Å²) in [5.74, 6) is 0. The average molecular weight is 113 g/mol. The first kappa shape index (κ1) is 4.18. The van der Waals surface area contributed by atoms with Crippen molar-refractivity contribution in [1.82, 2.24) is 5.32 Å². The normalized spacial score (nSPS) is 41.8. The van der Waals surface area contributed by atoms with Crippen molar-refractivity contribution >= 4 is 6.09 Å². The lowest BCUT2D eigenvalue weighted by atomic mass is 9.90. The Labute approximate surface area is 47.0 Å². The molecule has 0 aromatic heterocycles. The van der Waals surface area contributed by atoms with Crippen molar-refractivity contribution in [3.63, 3.8) is 0 Å². The van der Waals surface area contributed by atoms with E-state index in [-0.39, 0.29) is 12.2 Å². The molecule has 2 aliphatic rings. The monoisotopic (exact) mass is 113 g/mol. The van der Waals surface area contributed by atoms with Gasteiger partial charge >= 0.3 is 6.09 Å². The predicted molar refractivity (Wildman–Crippen MR) is 26.4 cm³/mol. The van der Waals surface area contributed by atoms with Crippen LogP contribution in [0.5, 0.6) is 0 Å². The van der Waals surface area contributed by atoms with Gasteiger partial charge in [-0.05, 0) is 12.8 Å². The smallest absolute Gasteiger partial charge is 0.407 e. The van der Waals surface area contributed by atoms with E-state index < -0.39 is 0 Å². The topological polar surface area (TPSA) is 38.3 Å². The summed E-state index contributed by atoms with van der Waals surface area (Å²) in [5.41, 5.74) is 0. The molecular weight excluding hydrogens is 106 g/mol. The van der Waals surface area contributed by atoms with Crippen molar-refractivity contribution in [3.8, 4) is 0 Å². The summed E-state index contributed by atoms with van der Waals surface area (Å²) in [5, 5.41) is 2.69. The van der Waals surface area contributed by atoms with Crippen LogP contribution in [0, 0.1) is 0 Å². The molecule has 1 N–H and O–H groups in total. The number of amides is 1. The molecule has 1 saturated carbocycles. The fourth-order valence-electron chi connectivity index (χ4n) is 1.10. The molecule has 0 bridgehead atoms. The van der Waals surface area contributed by atoms with Crippen LogP contribution in [-0.2, 0) is 4.74 Å².